The van der Waals surface area contributed by atoms with Crippen LogP contribution in [-0.4, -0.2) is 50.6 Å². The van der Waals surface area contributed by atoms with Crippen LogP contribution < -0.4 is 0 Å². The van der Waals surface area contributed by atoms with Gasteiger partial charge in [0.25, 0.3) is 0 Å². The predicted octanol–water partition coefficient (Wildman–Crippen LogP) is 0.453. The highest BCUT2D eigenvalue weighted by Gasteiger charge is 2.38. The van der Waals surface area contributed by atoms with E-state index in [9.17, 15) is 9.59 Å². The molecule has 2 heterocycles. The quantitative estimate of drug-likeness (QED) is 0.400. The third-order valence-corrected chi connectivity index (χ3v) is 3.67. The molecule has 0 radical (unpaired) electrons. The number of ether oxygens (including phenoxy) is 4. The largest absolute Gasteiger partial charge is 0.463 e. The summed E-state index contributed by atoms with van der Waals surface area (Å²) in [6, 6.07) is 0. The molecule has 6 heteroatoms. The minimum absolute atomic E-state index is 0.0375. The van der Waals surface area contributed by atoms with Crippen molar-refractivity contribution in [2.24, 2.45) is 11.8 Å². The number of esters is 2. The average Bonchev–Trinajstić information content (AvgIpc) is 3.36. The van der Waals surface area contributed by atoms with Crippen molar-refractivity contribution in [2.45, 2.75) is 25.0 Å². The Morgan fingerprint density at radius 2 is 1.30 bits per heavy atom. The summed E-state index contributed by atoms with van der Waals surface area (Å²) in [6.45, 7) is 1.84. The second kappa shape index (κ2) is 5.93. The van der Waals surface area contributed by atoms with Crippen LogP contribution in [0.3, 0.4) is 0 Å². The molecule has 2 saturated heterocycles. The summed E-state index contributed by atoms with van der Waals surface area (Å²) in [5.74, 6) is -1.58. The maximum absolute atomic E-state index is 12.1. The van der Waals surface area contributed by atoms with E-state index in [1.54, 1.807) is 0 Å². The van der Waals surface area contributed by atoms with Gasteiger partial charge in [0.15, 0.2) is 0 Å². The van der Waals surface area contributed by atoms with E-state index in [1.165, 1.54) is 0 Å². The number of carbonyl (C=O) groups is 2. The Bertz CT molecular complexity index is 372. The molecule has 0 aromatic rings. The number of hydrogen-bond acceptors (Lipinski definition) is 6. The summed E-state index contributed by atoms with van der Waals surface area (Å²) >= 11 is 0. The Balaban J connectivity index is 1.52. The van der Waals surface area contributed by atoms with Crippen LogP contribution in [0.2, 0.25) is 0 Å². The zero-order valence-corrected chi connectivity index (χ0v) is 11.2. The molecule has 0 amide bonds. The lowest BCUT2D eigenvalue weighted by atomic mass is 9.83. The fourth-order valence-electron chi connectivity index (χ4n) is 2.23. The molecule has 1 aliphatic carbocycles. The van der Waals surface area contributed by atoms with Crippen LogP contribution in [0.4, 0.5) is 0 Å². The first-order valence-corrected chi connectivity index (χ1v) is 6.95. The number of rotatable bonds is 6. The molecule has 110 valence electrons. The lowest BCUT2D eigenvalue weighted by Crippen LogP contribution is -2.34. The van der Waals surface area contributed by atoms with Crippen molar-refractivity contribution in [1.29, 1.82) is 0 Å². The molecular formula is C14H18O6. The van der Waals surface area contributed by atoms with Crippen molar-refractivity contribution < 1.29 is 28.5 Å². The van der Waals surface area contributed by atoms with E-state index in [1.807, 2.05) is 12.2 Å². The summed E-state index contributed by atoms with van der Waals surface area (Å²) in [5.41, 5.74) is 0. The maximum atomic E-state index is 12.1. The van der Waals surface area contributed by atoms with E-state index in [-0.39, 0.29) is 37.4 Å². The third-order valence-electron chi connectivity index (χ3n) is 3.67. The first-order chi connectivity index (χ1) is 9.74. The molecule has 0 unspecified atom stereocenters. The minimum Gasteiger partial charge on any atom is -0.463 e. The molecule has 2 aliphatic heterocycles. The SMILES string of the molecule is O=C(OC[C@@H]1CO1)[C@@H]1CC=CC[C@H]1C(=O)OC[C@H]1CO1. The van der Waals surface area contributed by atoms with Gasteiger partial charge in [0.1, 0.15) is 25.4 Å². The average molecular weight is 282 g/mol. The molecule has 6 nitrogen and oxygen atoms in total. The van der Waals surface area contributed by atoms with Crippen molar-refractivity contribution >= 4 is 11.9 Å². The van der Waals surface area contributed by atoms with Gasteiger partial charge in [0.2, 0.25) is 0 Å². The smallest absolute Gasteiger partial charge is 0.310 e. The van der Waals surface area contributed by atoms with Gasteiger partial charge in [0, 0.05) is 0 Å². The summed E-state index contributed by atoms with van der Waals surface area (Å²) < 4.78 is 20.4. The molecule has 20 heavy (non-hydrogen) atoms. The van der Waals surface area contributed by atoms with E-state index in [4.69, 9.17) is 18.9 Å². The highest BCUT2D eigenvalue weighted by atomic mass is 16.6. The van der Waals surface area contributed by atoms with Gasteiger partial charge < -0.3 is 18.9 Å². The lowest BCUT2D eigenvalue weighted by Gasteiger charge is -2.25. The molecule has 3 aliphatic rings. The second-order valence-electron chi connectivity index (χ2n) is 5.33. The maximum Gasteiger partial charge on any atom is 0.310 e. The van der Waals surface area contributed by atoms with Crippen LogP contribution in [0.25, 0.3) is 0 Å². The standard InChI is InChI=1S/C14H18O6/c15-13(19-7-9-5-17-9)11-3-1-2-4-12(11)14(16)20-8-10-6-18-10/h1-2,9-12H,3-8H2/t9-,10+,11-,12-/m1/s1. The van der Waals surface area contributed by atoms with Gasteiger partial charge in [-0.05, 0) is 12.8 Å². The molecule has 0 aromatic heterocycles. The van der Waals surface area contributed by atoms with Crippen molar-refractivity contribution in [3.05, 3.63) is 12.2 Å². The second-order valence-corrected chi connectivity index (χ2v) is 5.33. The molecule has 0 aromatic carbocycles. The fraction of sp³-hybridized carbons (Fsp3) is 0.714. The zero-order valence-electron chi connectivity index (χ0n) is 11.2. The van der Waals surface area contributed by atoms with Gasteiger partial charge in [0.05, 0.1) is 25.0 Å². The molecule has 3 rings (SSSR count). The summed E-state index contributed by atoms with van der Waals surface area (Å²) in [6.07, 6.45) is 4.93. The van der Waals surface area contributed by atoms with Crippen molar-refractivity contribution in [3.63, 3.8) is 0 Å². The van der Waals surface area contributed by atoms with E-state index in [0.717, 1.165) is 0 Å². The fourth-order valence-corrected chi connectivity index (χ4v) is 2.23. The molecule has 0 bridgehead atoms. The Kier molecular flexibility index (Phi) is 4.03. The Morgan fingerprint density at radius 3 is 1.65 bits per heavy atom. The van der Waals surface area contributed by atoms with Gasteiger partial charge in [-0.15, -0.1) is 0 Å². The molecule has 4 atom stereocenters. The predicted molar refractivity (Wildman–Crippen MR) is 66.8 cm³/mol. The monoisotopic (exact) mass is 282 g/mol. The lowest BCUT2D eigenvalue weighted by molar-refractivity contribution is -0.161. The Labute approximate surface area is 117 Å². The molecule has 0 spiro atoms. The number of epoxide rings is 2. The van der Waals surface area contributed by atoms with Crippen LogP contribution in [0.1, 0.15) is 12.8 Å². The minimum atomic E-state index is -0.452. The van der Waals surface area contributed by atoms with E-state index in [2.05, 4.69) is 0 Å². The number of carbonyl (C=O) groups excluding carboxylic acids is 2. The number of hydrogen-bond donors (Lipinski definition) is 0. The van der Waals surface area contributed by atoms with Gasteiger partial charge in [-0.2, -0.15) is 0 Å². The molecular weight excluding hydrogens is 264 g/mol. The van der Waals surface area contributed by atoms with Crippen LogP contribution in [0, 0.1) is 11.8 Å². The van der Waals surface area contributed by atoms with Gasteiger partial charge >= 0.3 is 11.9 Å². The van der Waals surface area contributed by atoms with Gasteiger partial charge in [-0.1, -0.05) is 12.2 Å². The first kappa shape index (κ1) is 13.6. The van der Waals surface area contributed by atoms with E-state index in [0.29, 0.717) is 26.1 Å². The molecule has 0 N–H and O–H groups in total. The van der Waals surface area contributed by atoms with Crippen molar-refractivity contribution in [3.8, 4) is 0 Å². The van der Waals surface area contributed by atoms with Crippen LogP contribution in [-0.2, 0) is 28.5 Å². The van der Waals surface area contributed by atoms with Crippen LogP contribution in [0.15, 0.2) is 12.2 Å². The van der Waals surface area contributed by atoms with Crippen LogP contribution in [0.5, 0.6) is 0 Å². The topological polar surface area (TPSA) is 77.7 Å². The molecule has 2 fully saturated rings. The van der Waals surface area contributed by atoms with Gasteiger partial charge in [-0.25, -0.2) is 0 Å². The van der Waals surface area contributed by atoms with Crippen molar-refractivity contribution in [2.75, 3.05) is 26.4 Å². The Morgan fingerprint density at radius 1 is 0.900 bits per heavy atom. The van der Waals surface area contributed by atoms with Crippen molar-refractivity contribution in [1.82, 2.24) is 0 Å². The van der Waals surface area contributed by atoms with Gasteiger partial charge in [-0.3, -0.25) is 9.59 Å². The van der Waals surface area contributed by atoms with E-state index >= 15 is 0 Å². The summed E-state index contributed by atoms with van der Waals surface area (Å²) in [5, 5.41) is 0. The zero-order chi connectivity index (χ0) is 13.9. The Hall–Kier alpha value is -1.40. The highest BCUT2D eigenvalue weighted by molar-refractivity contribution is 5.82. The third kappa shape index (κ3) is 3.58. The highest BCUT2D eigenvalue weighted by Crippen LogP contribution is 2.28. The van der Waals surface area contributed by atoms with Crippen LogP contribution >= 0.6 is 0 Å². The molecule has 0 saturated carbocycles. The number of allylic oxidation sites excluding steroid dienone is 2. The van der Waals surface area contributed by atoms with E-state index < -0.39 is 11.8 Å². The summed E-state index contributed by atoms with van der Waals surface area (Å²) in [4.78, 5) is 24.1. The normalized spacial score (nSPS) is 34.4. The summed E-state index contributed by atoms with van der Waals surface area (Å²) in [7, 11) is 0. The first-order valence-electron chi connectivity index (χ1n) is 6.95.